The quantitative estimate of drug-likeness (QED) is 0.871. The summed E-state index contributed by atoms with van der Waals surface area (Å²) >= 11 is 12.1. The molecule has 6 nitrogen and oxygen atoms in total. The molecular formula is C13H11Cl2N3O3. The number of aliphatic hydroxyl groups excluding tert-OH is 1. The van der Waals surface area contributed by atoms with Crippen molar-refractivity contribution < 1.29 is 14.6 Å². The molecule has 0 saturated heterocycles. The first-order valence-electron chi connectivity index (χ1n) is 6.15. The van der Waals surface area contributed by atoms with Gasteiger partial charge in [-0.2, -0.15) is 0 Å². The fourth-order valence-electron chi connectivity index (χ4n) is 2.10. The van der Waals surface area contributed by atoms with Gasteiger partial charge in [-0.05, 0) is 29.8 Å². The van der Waals surface area contributed by atoms with E-state index < -0.39 is 0 Å². The van der Waals surface area contributed by atoms with Crippen LogP contribution >= 0.6 is 23.2 Å². The fourth-order valence-corrected chi connectivity index (χ4v) is 2.50. The summed E-state index contributed by atoms with van der Waals surface area (Å²) in [6, 6.07) is 5.11. The number of ether oxygens (including phenoxy) is 2. The Morgan fingerprint density at radius 3 is 2.86 bits per heavy atom. The van der Waals surface area contributed by atoms with E-state index in [9.17, 15) is 5.11 Å². The lowest BCUT2D eigenvalue weighted by molar-refractivity contribution is 0.174. The SMILES string of the molecule is OCCN(c1ccnc(Cl)n1)c1c(Cl)ccc2c1OCO2. The molecular weight excluding hydrogens is 317 g/mol. The summed E-state index contributed by atoms with van der Waals surface area (Å²) in [6.45, 7) is 0.301. The molecule has 0 atom stereocenters. The minimum Gasteiger partial charge on any atom is -0.454 e. The van der Waals surface area contributed by atoms with E-state index in [4.69, 9.17) is 32.7 Å². The number of aliphatic hydroxyl groups is 1. The van der Waals surface area contributed by atoms with Gasteiger partial charge in [-0.3, -0.25) is 0 Å². The number of benzene rings is 1. The largest absolute Gasteiger partial charge is 0.454 e. The van der Waals surface area contributed by atoms with Crippen molar-refractivity contribution in [1.29, 1.82) is 0 Å². The minimum atomic E-state index is -0.0948. The molecule has 0 radical (unpaired) electrons. The van der Waals surface area contributed by atoms with E-state index >= 15 is 0 Å². The number of hydrogen-bond acceptors (Lipinski definition) is 6. The van der Waals surface area contributed by atoms with Crippen LogP contribution in [-0.4, -0.2) is 35.0 Å². The lowest BCUT2D eigenvalue weighted by Crippen LogP contribution is -2.23. The Morgan fingerprint density at radius 1 is 1.24 bits per heavy atom. The Labute approximate surface area is 130 Å². The smallest absolute Gasteiger partial charge is 0.231 e. The van der Waals surface area contributed by atoms with Crippen molar-refractivity contribution >= 4 is 34.7 Å². The van der Waals surface area contributed by atoms with Crippen molar-refractivity contribution in [2.45, 2.75) is 0 Å². The first-order chi connectivity index (χ1) is 10.2. The zero-order chi connectivity index (χ0) is 14.8. The Morgan fingerprint density at radius 2 is 2.10 bits per heavy atom. The van der Waals surface area contributed by atoms with Crippen LogP contribution in [0.5, 0.6) is 11.5 Å². The van der Waals surface area contributed by atoms with Crippen LogP contribution in [0.4, 0.5) is 11.5 Å². The number of anilines is 2. The van der Waals surface area contributed by atoms with Crippen LogP contribution in [0.1, 0.15) is 0 Å². The standard InChI is InChI=1S/C13H11Cl2N3O3/c14-8-1-2-9-12(21-7-20-9)11(8)18(5-6-19)10-3-4-16-13(15)17-10/h1-4,19H,5-7H2. The summed E-state index contributed by atoms with van der Waals surface area (Å²) in [5, 5.41) is 9.90. The highest BCUT2D eigenvalue weighted by molar-refractivity contribution is 6.34. The predicted octanol–water partition coefficient (Wildman–Crippen LogP) is 2.64. The number of nitrogens with zero attached hydrogens (tertiary/aromatic N) is 3. The molecule has 0 unspecified atom stereocenters. The zero-order valence-corrected chi connectivity index (χ0v) is 12.3. The van der Waals surface area contributed by atoms with Crippen LogP contribution in [0.15, 0.2) is 24.4 Å². The molecule has 1 aromatic carbocycles. The maximum atomic E-state index is 9.33. The molecule has 0 saturated carbocycles. The van der Waals surface area contributed by atoms with E-state index in [1.165, 1.54) is 6.20 Å². The van der Waals surface area contributed by atoms with E-state index in [0.717, 1.165) is 0 Å². The van der Waals surface area contributed by atoms with Gasteiger partial charge in [0.15, 0.2) is 11.5 Å². The molecule has 2 heterocycles. The molecule has 3 rings (SSSR count). The third kappa shape index (κ3) is 2.70. The summed E-state index contributed by atoms with van der Waals surface area (Å²) < 4.78 is 10.8. The van der Waals surface area contributed by atoms with Gasteiger partial charge < -0.3 is 19.5 Å². The molecule has 0 amide bonds. The van der Waals surface area contributed by atoms with E-state index in [-0.39, 0.29) is 25.2 Å². The average Bonchev–Trinajstić information content (AvgIpc) is 2.94. The van der Waals surface area contributed by atoms with E-state index in [0.29, 0.717) is 28.0 Å². The molecule has 1 aliphatic heterocycles. The highest BCUT2D eigenvalue weighted by Gasteiger charge is 2.26. The topological polar surface area (TPSA) is 67.7 Å². The second-order valence-corrected chi connectivity index (χ2v) is 4.93. The van der Waals surface area contributed by atoms with Gasteiger partial charge in [0.2, 0.25) is 12.1 Å². The van der Waals surface area contributed by atoms with Crippen molar-refractivity contribution in [2.24, 2.45) is 0 Å². The lowest BCUT2D eigenvalue weighted by atomic mass is 10.2. The highest BCUT2D eigenvalue weighted by Crippen LogP contribution is 2.47. The molecule has 21 heavy (non-hydrogen) atoms. The maximum absolute atomic E-state index is 9.33. The number of aromatic nitrogens is 2. The van der Waals surface area contributed by atoms with Crippen molar-refractivity contribution in [3.05, 3.63) is 34.7 Å². The van der Waals surface area contributed by atoms with E-state index in [2.05, 4.69) is 9.97 Å². The van der Waals surface area contributed by atoms with Crippen LogP contribution in [0.2, 0.25) is 10.3 Å². The van der Waals surface area contributed by atoms with Crippen molar-refractivity contribution in [1.82, 2.24) is 9.97 Å². The summed E-state index contributed by atoms with van der Waals surface area (Å²) in [5.74, 6) is 1.62. The normalized spacial score (nSPS) is 12.5. The van der Waals surface area contributed by atoms with Gasteiger partial charge in [-0.1, -0.05) is 11.6 Å². The predicted molar refractivity (Wildman–Crippen MR) is 78.7 cm³/mol. The van der Waals surface area contributed by atoms with Crippen LogP contribution in [0, 0.1) is 0 Å². The van der Waals surface area contributed by atoms with Gasteiger partial charge in [-0.15, -0.1) is 0 Å². The van der Waals surface area contributed by atoms with Crippen molar-refractivity contribution in [3.63, 3.8) is 0 Å². The Hall–Kier alpha value is -1.76. The summed E-state index contributed by atoms with van der Waals surface area (Å²) in [7, 11) is 0. The molecule has 1 aliphatic rings. The monoisotopic (exact) mass is 327 g/mol. The minimum absolute atomic E-state index is 0.0948. The number of fused-ring (bicyclic) bond motifs is 1. The maximum Gasteiger partial charge on any atom is 0.231 e. The van der Waals surface area contributed by atoms with Crippen LogP contribution in [0.3, 0.4) is 0 Å². The third-order valence-corrected chi connectivity index (χ3v) is 3.43. The Kier molecular flexibility index (Phi) is 4.01. The molecule has 1 N–H and O–H groups in total. The van der Waals surface area contributed by atoms with Gasteiger partial charge in [0, 0.05) is 12.7 Å². The third-order valence-electron chi connectivity index (χ3n) is 2.95. The van der Waals surface area contributed by atoms with Crippen LogP contribution in [0.25, 0.3) is 0 Å². The fraction of sp³-hybridized carbons (Fsp3) is 0.231. The molecule has 0 aliphatic carbocycles. The number of halogens is 2. The second kappa shape index (κ2) is 5.93. The summed E-state index contributed by atoms with van der Waals surface area (Å²) in [5.41, 5.74) is 0.579. The number of rotatable bonds is 4. The zero-order valence-electron chi connectivity index (χ0n) is 10.8. The number of hydrogen-bond donors (Lipinski definition) is 1. The van der Waals surface area contributed by atoms with Gasteiger partial charge in [-0.25, -0.2) is 9.97 Å². The van der Waals surface area contributed by atoms with E-state index in [1.54, 1.807) is 23.1 Å². The first kappa shape index (κ1) is 14.2. The van der Waals surface area contributed by atoms with Gasteiger partial charge >= 0.3 is 0 Å². The van der Waals surface area contributed by atoms with Gasteiger partial charge in [0.1, 0.15) is 11.5 Å². The van der Waals surface area contributed by atoms with Crippen molar-refractivity contribution in [3.8, 4) is 11.5 Å². The van der Waals surface area contributed by atoms with Gasteiger partial charge in [0.05, 0.1) is 11.6 Å². The molecule has 0 spiro atoms. The molecule has 2 aromatic rings. The Bertz CT molecular complexity index is 669. The average molecular weight is 328 g/mol. The van der Waals surface area contributed by atoms with Crippen molar-refractivity contribution in [2.75, 3.05) is 24.8 Å². The summed E-state index contributed by atoms with van der Waals surface area (Å²) in [6.07, 6.45) is 1.53. The second-order valence-electron chi connectivity index (χ2n) is 4.19. The van der Waals surface area contributed by atoms with Crippen LogP contribution in [-0.2, 0) is 0 Å². The molecule has 8 heteroatoms. The highest BCUT2D eigenvalue weighted by atomic mass is 35.5. The van der Waals surface area contributed by atoms with Gasteiger partial charge in [0.25, 0.3) is 0 Å². The molecule has 0 bridgehead atoms. The van der Waals surface area contributed by atoms with Crippen LogP contribution < -0.4 is 14.4 Å². The summed E-state index contributed by atoms with van der Waals surface area (Å²) in [4.78, 5) is 9.71. The van der Waals surface area contributed by atoms with E-state index in [1.807, 2.05) is 0 Å². The molecule has 110 valence electrons. The molecule has 1 aromatic heterocycles. The lowest BCUT2D eigenvalue weighted by Gasteiger charge is -2.25. The Balaban J connectivity index is 2.12. The first-order valence-corrected chi connectivity index (χ1v) is 6.91. The molecule has 0 fully saturated rings.